The first-order valence-electron chi connectivity index (χ1n) is 4.60. The highest BCUT2D eigenvalue weighted by atomic mass is 15.1. The van der Waals surface area contributed by atoms with E-state index in [1.807, 2.05) is 36.4 Å². The van der Waals surface area contributed by atoms with E-state index in [1.165, 1.54) is 11.6 Å². The van der Waals surface area contributed by atoms with Crippen molar-refractivity contribution in [1.82, 2.24) is 0 Å². The van der Waals surface area contributed by atoms with Crippen molar-refractivity contribution < 1.29 is 0 Å². The number of rotatable bonds is 2. The van der Waals surface area contributed by atoms with Gasteiger partial charge in [0.05, 0.1) is 0 Å². The summed E-state index contributed by atoms with van der Waals surface area (Å²) in [7, 11) is 0. The lowest BCUT2D eigenvalue weighted by atomic mass is 10.0. The van der Waals surface area contributed by atoms with E-state index in [4.69, 9.17) is 5.53 Å². The van der Waals surface area contributed by atoms with Gasteiger partial charge in [-0.25, -0.2) is 0 Å². The Kier molecular flexibility index (Phi) is 2.68. The Hall–Kier alpha value is -2.25. The second-order valence-corrected chi connectivity index (χ2v) is 3.09. The summed E-state index contributed by atoms with van der Waals surface area (Å²) < 4.78 is 0. The van der Waals surface area contributed by atoms with Crippen molar-refractivity contribution in [1.29, 1.82) is 0 Å². The van der Waals surface area contributed by atoms with Crippen LogP contribution in [-0.2, 0) is 0 Å². The van der Waals surface area contributed by atoms with Crippen LogP contribution in [0.5, 0.6) is 0 Å². The van der Waals surface area contributed by atoms with Crippen molar-refractivity contribution in [2.45, 2.75) is 0 Å². The molecule has 0 spiro atoms. The van der Waals surface area contributed by atoms with Gasteiger partial charge in [-0.1, -0.05) is 53.7 Å². The number of nitrogens with zero attached hydrogens (tertiary/aromatic N) is 3. The van der Waals surface area contributed by atoms with Gasteiger partial charge in [0.1, 0.15) is 0 Å². The molecule has 0 fully saturated rings. The van der Waals surface area contributed by atoms with Crippen LogP contribution in [0.3, 0.4) is 0 Å². The standard InChI is InChI=1S/C12H9N3/c13-15-14-9-8-11-6-3-5-10-4-1-2-7-12(10)11/h1-9H. The van der Waals surface area contributed by atoms with Crippen molar-refractivity contribution in [3.63, 3.8) is 0 Å². The third-order valence-corrected chi connectivity index (χ3v) is 2.20. The molecule has 0 aromatic heterocycles. The van der Waals surface area contributed by atoms with Gasteiger partial charge in [-0.2, -0.15) is 0 Å². The fourth-order valence-electron chi connectivity index (χ4n) is 1.54. The summed E-state index contributed by atoms with van der Waals surface area (Å²) in [5.74, 6) is 0. The lowest BCUT2D eigenvalue weighted by Gasteiger charge is -2.00. The Morgan fingerprint density at radius 2 is 1.87 bits per heavy atom. The first-order valence-corrected chi connectivity index (χ1v) is 4.60. The zero-order valence-electron chi connectivity index (χ0n) is 8.04. The molecule has 3 heteroatoms. The first kappa shape index (κ1) is 9.31. The van der Waals surface area contributed by atoms with E-state index in [1.54, 1.807) is 0 Å². The van der Waals surface area contributed by atoms with E-state index < -0.39 is 0 Å². The largest absolute Gasteiger partial charge is 0.0686 e. The highest BCUT2D eigenvalue weighted by molar-refractivity contribution is 5.90. The molecule has 0 unspecified atom stereocenters. The zero-order valence-corrected chi connectivity index (χ0v) is 8.04. The fourth-order valence-corrected chi connectivity index (χ4v) is 1.54. The Bertz CT molecular complexity index is 546. The third kappa shape index (κ3) is 1.98. The average molecular weight is 195 g/mol. The van der Waals surface area contributed by atoms with Crippen LogP contribution >= 0.6 is 0 Å². The van der Waals surface area contributed by atoms with Gasteiger partial charge in [-0.3, -0.25) is 0 Å². The van der Waals surface area contributed by atoms with Crippen LogP contribution in [0.1, 0.15) is 5.56 Å². The topological polar surface area (TPSA) is 48.8 Å². The molecule has 15 heavy (non-hydrogen) atoms. The quantitative estimate of drug-likeness (QED) is 0.393. The molecule has 0 heterocycles. The Labute approximate surface area is 87.3 Å². The SMILES string of the molecule is [N-]=[N+]=NC=Cc1cccc2ccccc12. The number of benzene rings is 2. The summed E-state index contributed by atoms with van der Waals surface area (Å²) in [6.45, 7) is 0. The van der Waals surface area contributed by atoms with Gasteiger partial charge in [0.25, 0.3) is 0 Å². The van der Waals surface area contributed by atoms with Gasteiger partial charge in [0.15, 0.2) is 0 Å². The third-order valence-electron chi connectivity index (χ3n) is 2.20. The van der Waals surface area contributed by atoms with Crippen LogP contribution < -0.4 is 0 Å². The molecule has 0 bridgehead atoms. The Morgan fingerprint density at radius 1 is 1.07 bits per heavy atom. The summed E-state index contributed by atoms with van der Waals surface area (Å²) in [5.41, 5.74) is 9.22. The van der Waals surface area contributed by atoms with E-state index in [0.29, 0.717) is 0 Å². The zero-order chi connectivity index (χ0) is 10.5. The average Bonchev–Trinajstić information content (AvgIpc) is 2.30. The molecule has 3 nitrogen and oxygen atoms in total. The Morgan fingerprint density at radius 3 is 2.73 bits per heavy atom. The lowest BCUT2D eigenvalue weighted by molar-refractivity contribution is 1.53. The van der Waals surface area contributed by atoms with E-state index in [9.17, 15) is 0 Å². The van der Waals surface area contributed by atoms with Gasteiger partial charge in [-0.15, -0.1) is 0 Å². The van der Waals surface area contributed by atoms with Crippen LogP contribution in [0.4, 0.5) is 0 Å². The van der Waals surface area contributed by atoms with Crippen molar-refractivity contribution in [2.24, 2.45) is 5.11 Å². The summed E-state index contributed by atoms with van der Waals surface area (Å²) in [6, 6.07) is 14.1. The molecular formula is C12H9N3. The van der Waals surface area contributed by atoms with Gasteiger partial charge < -0.3 is 0 Å². The van der Waals surface area contributed by atoms with Crippen molar-refractivity contribution in [3.8, 4) is 0 Å². The molecule has 2 rings (SSSR count). The molecule has 0 radical (unpaired) electrons. The minimum Gasteiger partial charge on any atom is -0.0686 e. The summed E-state index contributed by atoms with van der Waals surface area (Å²) in [4.78, 5) is 2.67. The number of hydrogen-bond donors (Lipinski definition) is 0. The molecule has 0 saturated carbocycles. The van der Waals surface area contributed by atoms with Gasteiger partial charge >= 0.3 is 0 Å². The monoisotopic (exact) mass is 195 g/mol. The van der Waals surface area contributed by atoms with Crippen LogP contribution in [0.2, 0.25) is 0 Å². The van der Waals surface area contributed by atoms with Crippen LogP contribution in [-0.4, -0.2) is 0 Å². The molecule has 0 aliphatic heterocycles. The molecule has 0 aliphatic carbocycles. The maximum atomic E-state index is 8.16. The molecule has 0 N–H and O–H groups in total. The molecule has 0 aliphatic rings. The smallest absolute Gasteiger partial charge is 0.00475 e. The predicted octanol–water partition coefficient (Wildman–Crippen LogP) is 4.12. The van der Waals surface area contributed by atoms with Crippen LogP contribution in [0.25, 0.3) is 27.3 Å². The lowest BCUT2D eigenvalue weighted by Crippen LogP contribution is -1.76. The molecule has 72 valence electrons. The Balaban J connectivity index is 2.55. The molecule has 2 aromatic carbocycles. The molecule has 0 atom stereocenters. The predicted molar refractivity (Wildman–Crippen MR) is 62.1 cm³/mol. The highest BCUT2D eigenvalue weighted by Gasteiger charge is 1.94. The van der Waals surface area contributed by atoms with Gasteiger partial charge in [-0.05, 0) is 21.9 Å². The van der Waals surface area contributed by atoms with Crippen LogP contribution in [0.15, 0.2) is 53.8 Å². The molecule has 0 saturated heterocycles. The number of fused-ring (bicyclic) bond motifs is 1. The number of hydrogen-bond acceptors (Lipinski definition) is 1. The summed E-state index contributed by atoms with van der Waals surface area (Å²) in [5, 5.41) is 5.71. The second kappa shape index (κ2) is 4.31. The van der Waals surface area contributed by atoms with E-state index in [2.05, 4.69) is 22.2 Å². The molecule has 0 amide bonds. The van der Waals surface area contributed by atoms with Crippen molar-refractivity contribution in [2.75, 3.05) is 0 Å². The molecule has 2 aromatic rings. The fraction of sp³-hybridized carbons (Fsp3) is 0. The van der Waals surface area contributed by atoms with Crippen molar-refractivity contribution >= 4 is 16.8 Å². The van der Waals surface area contributed by atoms with Gasteiger partial charge in [0, 0.05) is 11.1 Å². The number of azide groups is 1. The maximum absolute atomic E-state index is 8.16. The summed E-state index contributed by atoms with van der Waals surface area (Å²) >= 11 is 0. The van der Waals surface area contributed by atoms with E-state index in [0.717, 1.165) is 10.9 Å². The maximum Gasteiger partial charge on any atom is 0.00475 e. The van der Waals surface area contributed by atoms with Gasteiger partial charge in [0.2, 0.25) is 0 Å². The minimum atomic E-state index is 1.06. The van der Waals surface area contributed by atoms with Crippen LogP contribution in [0, 0.1) is 0 Å². The normalized spacial score (nSPS) is 10.4. The molecular weight excluding hydrogens is 186 g/mol. The van der Waals surface area contributed by atoms with E-state index in [-0.39, 0.29) is 0 Å². The van der Waals surface area contributed by atoms with Crippen molar-refractivity contribution in [3.05, 3.63) is 64.7 Å². The highest BCUT2D eigenvalue weighted by Crippen LogP contribution is 2.19. The second-order valence-electron chi connectivity index (χ2n) is 3.09. The van der Waals surface area contributed by atoms with E-state index >= 15 is 0 Å². The minimum absolute atomic E-state index is 1.06. The summed E-state index contributed by atoms with van der Waals surface area (Å²) in [6.07, 6.45) is 3.27. The first-order chi connectivity index (χ1) is 7.42.